The molecule has 0 radical (unpaired) electrons. The number of para-hydroxylation sites is 1. The highest BCUT2D eigenvalue weighted by Gasteiger charge is 2.22. The van der Waals surface area contributed by atoms with Crippen molar-refractivity contribution in [1.82, 2.24) is 9.97 Å². The Labute approximate surface area is 141 Å². The summed E-state index contributed by atoms with van der Waals surface area (Å²) in [5.41, 5.74) is 7.69. The number of nitrogens with zero attached hydrogens (tertiary/aromatic N) is 3. The predicted molar refractivity (Wildman–Crippen MR) is 96.9 cm³/mol. The van der Waals surface area contributed by atoms with E-state index >= 15 is 0 Å². The van der Waals surface area contributed by atoms with Gasteiger partial charge in [-0.15, -0.1) is 0 Å². The normalized spacial score (nSPS) is 19.3. The Hall–Kier alpha value is -2.40. The molecule has 124 valence electrons. The number of anilines is 1. The van der Waals surface area contributed by atoms with E-state index in [-0.39, 0.29) is 11.8 Å². The van der Waals surface area contributed by atoms with Crippen LogP contribution in [0, 0.1) is 0 Å². The van der Waals surface area contributed by atoms with Gasteiger partial charge in [0.1, 0.15) is 11.6 Å². The molecule has 4 rings (SSSR count). The van der Waals surface area contributed by atoms with Gasteiger partial charge in [-0.05, 0) is 43.9 Å². The standard InChI is InChI=1S/C19H22N4O/c20-13-9-11-23(12-10-13)19-14-5-1-3-7-16(14)21-18(22-19)15-6-2-4-8-17(15)24/h1,3,5-8,13,24H,2,4,9-12,20H2. The molecule has 2 aromatic rings. The fraction of sp³-hybridized carbons (Fsp3) is 0.368. The summed E-state index contributed by atoms with van der Waals surface area (Å²) in [4.78, 5) is 11.8. The third-order valence-corrected chi connectivity index (χ3v) is 4.79. The summed E-state index contributed by atoms with van der Waals surface area (Å²) in [5, 5.41) is 11.3. The highest BCUT2D eigenvalue weighted by molar-refractivity contribution is 5.91. The second kappa shape index (κ2) is 6.24. The van der Waals surface area contributed by atoms with Gasteiger partial charge >= 0.3 is 0 Å². The molecule has 1 aliphatic carbocycles. The van der Waals surface area contributed by atoms with Crippen LogP contribution in [0.5, 0.6) is 0 Å². The number of aliphatic hydroxyl groups is 1. The summed E-state index contributed by atoms with van der Waals surface area (Å²) in [5.74, 6) is 1.83. The van der Waals surface area contributed by atoms with Gasteiger partial charge in [0, 0.05) is 24.5 Å². The van der Waals surface area contributed by atoms with Crippen molar-refractivity contribution in [2.75, 3.05) is 18.0 Å². The smallest absolute Gasteiger partial charge is 0.165 e. The molecule has 1 saturated heterocycles. The highest BCUT2D eigenvalue weighted by atomic mass is 16.3. The van der Waals surface area contributed by atoms with Crippen LogP contribution < -0.4 is 10.6 Å². The van der Waals surface area contributed by atoms with E-state index < -0.39 is 0 Å². The summed E-state index contributed by atoms with van der Waals surface area (Å²) in [6, 6.07) is 8.35. The number of piperidine rings is 1. The molecule has 24 heavy (non-hydrogen) atoms. The minimum atomic E-state index is 0.279. The summed E-state index contributed by atoms with van der Waals surface area (Å²) in [6.07, 6.45) is 7.58. The summed E-state index contributed by atoms with van der Waals surface area (Å²) >= 11 is 0. The van der Waals surface area contributed by atoms with Crippen LogP contribution >= 0.6 is 0 Å². The van der Waals surface area contributed by atoms with Gasteiger partial charge in [0.05, 0.1) is 11.1 Å². The van der Waals surface area contributed by atoms with Crippen molar-refractivity contribution in [2.24, 2.45) is 5.73 Å². The number of aromatic nitrogens is 2. The van der Waals surface area contributed by atoms with E-state index in [0.29, 0.717) is 5.82 Å². The Morgan fingerprint density at radius 1 is 1.04 bits per heavy atom. The first-order valence-electron chi connectivity index (χ1n) is 8.60. The van der Waals surface area contributed by atoms with Gasteiger partial charge in [-0.25, -0.2) is 9.97 Å². The molecule has 3 N–H and O–H groups in total. The topological polar surface area (TPSA) is 75.3 Å². The van der Waals surface area contributed by atoms with E-state index in [9.17, 15) is 5.11 Å². The second-order valence-corrected chi connectivity index (χ2v) is 6.50. The van der Waals surface area contributed by atoms with E-state index in [1.165, 1.54) is 0 Å². The average molecular weight is 322 g/mol. The maximum atomic E-state index is 10.2. The molecule has 2 aliphatic rings. The lowest BCUT2D eigenvalue weighted by molar-refractivity contribution is 0.432. The number of hydrogen-bond donors (Lipinski definition) is 2. The van der Waals surface area contributed by atoms with Gasteiger partial charge in [0.15, 0.2) is 5.82 Å². The lowest BCUT2D eigenvalue weighted by Crippen LogP contribution is -2.40. The van der Waals surface area contributed by atoms with Crippen LogP contribution in [0.4, 0.5) is 5.82 Å². The molecule has 1 fully saturated rings. The average Bonchev–Trinajstić information content (AvgIpc) is 2.62. The molecule has 0 saturated carbocycles. The maximum absolute atomic E-state index is 10.2. The Balaban J connectivity index is 1.82. The number of fused-ring (bicyclic) bond motifs is 1. The molecule has 1 aliphatic heterocycles. The van der Waals surface area contributed by atoms with Gasteiger partial charge in [-0.2, -0.15) is 0 Å². The Bertz CT molecular complexity index is 819. The maximum Gasteiger partial charge on any atom is 0.165 e. The van der Waals surface area contributed by atoms with Gasteiger partial charge in [-0.3, -0.25) is 0 Å². The monoisotopic (exact) mass is 322 g/mol. The van der Waals surface area contributed by atoms with Crippen LogP contribution in [0.2, 0.25) is 0 Å². The molecule has 0 amide bonds. The first-order chi connectivity index (χ1) is 11.7. The quantitative estimate of drug-likeness (QED) is 0.888. The molecule has 2 heterocycles. The minimum Gasteiger partial charge on any atom is -0.508 e. The zero-order valence-electron chi connectivity index (χ0n) is 13.7. The van der Waals surface area contributed by atoms with Crippen molar-refractivity contribution < 1.29 is 5.11 Å². The largest absolute Gasteiger partial charge is 0.508 e. The summed E-state index contributed by atoms with van der Waals surface area (Å²) in [6.45, 7) is 1.81. The Morgan fingerprint density at radius 3 is 2.58 bits per heavy atom. The zero-order valence-corrected chi connectivity index (χ0v) is 13.7. The van der Waals surface area contributed by atoms with Crippen LogP contribution in [-0.4, -0.2) is 34.2 Å². The summed E-state index contributed by atoms with van der Waals surface area (Å²) in [7, 11) is 0. The van der Waals surface area contributed by atoms with Crippen LogP contribution in [0.1, 0.15) is 31.5 Å². The number of aliphatic hydroxyl groups excluding tert-OH is 1. The molecular weight excluding hydrogens is 300 g/mol. The van der Waals surface area contributed by atoms with E-state index in [1.54, 1.807) is 0 Å². The van der Waals surface area contributed by atoms with Gasteiger partial charge in [0.25, 0.3) is 0 Å². The number of benzene rings is 1. The lowest BCUT2D eigenvalue weighted by Gasteiger charge is -2.32. The SMILES string of the molecule is NC1CCN(c2nc(C3=CCCC=C3O)nc3ccccc23)CC1. The van der Waals surface area contributed by atoms with Gasteiger partial charge in [0.2, 0.25) is 0 Å². The van der Waals surface area contributed by atoms with Crippen molar-refractivity contribution in [3.63, 3.8) is 0 Å². The lowest BCUT2D eigenvalue weighted by atomic mass is 10.0. The van der Waals surface area contributed by atoms with Crippen molar-refractivity contribution in [3.05, 3.63) is 48.0 Å². The number of allylic oxidation sites excluding steroid dienone is 3. The third-order valence-electron chi connectivity index (χ3n) is 4.79. The van der Waals surface area contributed by atoms with Crippen molar-refractivity contribution in [2.45, 2.75) is 31.7 Å². The summed E-state index contributed by atoms with van der Waals surface area (Å²) < 4.78 is 0. The van der Waals surface area contributed by atoms with Crippen LogP contribution in [-0.2, 0) is 0 Å². The Morgan fingerprint density at radius 2 is 1.79 bits per heavy atom. The van der Waals surface area contributed by atoms with Crippen molar-refractivity contribution in [1.29, 1.82) is 0 Å². The third kappa shape index (κ3) is 2.76. The van der Waals surface area contributed by atoms with Crippen molar-refractivity contribution in [3.8, 4) is 0 Å². The molecule has 0 bridgehead atoms. The highest BCUT2D eigenvalue weighted by Crippen LogP contribution is 2.31. The van der Waals surface area contributed by atoms with Gasteiger partial charge < -0.3 is 15.7 Å². The zero-order chi connectivity index (χ0) is 16.5. The van der Waals surface area contributed by atoms with Crippen LogP contribution in [0.3, 0.4) is 0 Å². The van der Waals surface area contributed by atoms with Crippen molar-refractivity contribution >= 4 is 22.3 Å². The minimum absolute atomic E-state index is 0.279. The van der Waals surface area contributed by atoms with E-state index in [4.69, 9.17) is 10.7 Å². The van der Waals surface area contributed by atoms with Gasteiger partial charge in [-0.1, -0.05) is 18.2 Å². The fourth-order valence-electron chi connectivity index (χ4n) is 3.40. The number of hydrogen-bond acceptors (Lipinski definition) is 5. The molecule has 0 unspecified atom stereocenters. The van der Waals surface area contributed by atoms with E-state index in [1.807, 2.05) is 30.4 Å². The van der Waals surface area contributed by atoms with Crippen LogP contribution in [0.25, 0.3) is 16.5 Å². The number of nitrogens with two attached hydrogens (primary N) is 1. The molecule has 0 spiro atoms. The molecule has 1 aromatic carbocycles. The molecule has 5 nitrogen and oxygen atoms in total. The predicted octanol–water partition coefficient (Wildman–Crippen LogP) is 3.18. The number of rotatable bonds is 2. The molecule has 5 heteroatoms. The molecule has 1 aromatic heterocycles. The molecule has 0 atom stereocenters. The second-order valence-electron chi connectivity index (χ2n) is 6.50. The first kappa shape index (κ1) is 15.1. The fourth-order valence-corrected chi connectivity index (χ4v) is 3.40. The molecular formula is C19H22N4O. The van der Waals surface area contributed by atoms with Crippen LogP contribution in [0.15, 0.2) is 42.2 Å². The van der Waals surface area contributed by atoms with E-state index in [0.717, 1.165) is 61.1 Å². The first-order valence-corrected chi connectivity index (χ1v) is 8.60. The van der Waals surface area contributed by atoms with E-state index in [2.05, 4.69) is 16.0 Å². The Kier molecular flexibility index (Phi) is 3.94.